The number of H-pyrrole nitrogens is 1. The number of para-hydroxylation sites is 3. The minimum Gasteiger partial charge on any atom is -0.492 e. The zero-order valence-corrected chi connectivity index (χ0v) is 16.1. The van der Waals surface area contributed by atoms with Gasteiger partial charge in [-0.25, -0.2) is 4.79 Å². The number of rotatable bonds is 5. The molecule has 2 heterocycles. The molecule has 3 aromatic rings. The Morgan fingerprint density at radius 1 is 1.04 bits per heavy atom. The van der Waals surface area contributed by atoms with Gasteiger partial charge < -0.3 is 9.72 Å². The maximum Gasteiger partial charge on any atom is 0.326 e. The van der Waals surface area contributed by atoms with E-state index in [1.807, 2.05) is 28.8 Å². The summed E-state index contributed by atoms with van der Waals surface area (Å²) in [7, 11) is 0. The lowest BCUT2D eigenvalue weighted by atomic mass is 10.0. The van der Waals surface area contributed by atoms with Crippen LogP contribution in [-0.4, -0.2) is 40.7 Å². The summed E-state index contributed by atoms with van der Waals surface area (Å²) >= 11 is 0. The van der Waals surface area contributed by atoms with Crippen LogP contribution >= 0.6 is 0 Å². The van der Waals surface area contributed by atoms with Crippen molar-refractivity contribution in [3.05, 3.63) is 64.1 Å². The molecule has 1 aromatic heterocycles. The van der Waals surface area contributed by atoms with E-state index in [0.717, 1.165) is 49.3 Å². The van der Waals surface area contributed by atoms with Crippen molar-refractivity contribution in [3.8, 4) is 5.75 Å². The van der Waals surface area contributed by atoms with Crippen LogP contribution in [0.15, 0.2) is 47.3 Å². The molecule has 0 bridgehead atoms. The molecular formula is C22H27N3O2. The Balaban J connectivity index is 1.34. The lowest BCUT2D eigenvalue weighted by molar-refractivity contribution is 0.156. The number of hydrogen-bond donors (Lipinski definition) is 1. The first-order valence-electron chi connectivity index (χ1n) is 9.74. The number of aromatic nitrogens is 2. The van der Waals surface area contributed by atoms with E-state index in [4.69, 9.17) is 4.74 Å². The van der Waals surface area contributed by atoms with Crippen LogP contribution in [0.2, 0.25) is 0 Å². The van der Waals surface area contributed by atoms with Crippen LogP contribution in [0.5, 0.6) is 5.75 Å². The van der Waals surface area contributed by atoms with Gasteiger partial charge in [-0.2, -0.15) is 0 Å². The van der Waals surface area contributed by atoms with Crippen LogP contribution in [-0.2, 0) is 0 Å². The molecule has 1 aliphatic heterocycles. The number of likely N-dealkylation sites (tertiary alicyclic amines) is 1. The first kappa shape index (κ1) is 17.9. The molecule has 0 aliphatic carbocycles. The molecule has 0 amide bonds. The van der Waals surface area contributed by atoms with Crippen LogP contribution in [0.25, 0.3) is 11.0 Å². The summed E-state index contributed by atoms with van der Waals surface area (Å²) in [5.41, 5.74) is 4.32. The van der Waals surface area contributed by atoms with Gasteiger partial charge in [0.05, 0.1) is 11.0 Å². The lowest BCUT2D eigenvalue weighted by Gasteiger charge is -2.32. The second-order valence-electron chi connectivity index (χ2n) is 7.46. The van der Waals surface area contributed by atoms with Crippen LogP contribution in [0.4, 0.5) is 0 Å². The van der Waals surface area contributed by atoms with E-state index >= 15 is 0 Å². The molecule has 0 radical (unpaired) electrons. The van der Waals surface area contributed by atoms with Gasteiger partial charge in [0.25, 0.3) is 0 Å². The molecule has 2 aromatic carbocycles. The Hall–Kier alpha value is -2.53. The van der Waals surface area contributed by atoms with Crippen molar-refractivity contribution in [1.29, 1.82) is 0 Å². The van der Waals surface area contributed by atoms with Gasteiger partial charge in [-0.05, 0) is 49.9 Å². The Labute approximate surface area is 159 Å². The molecule has 0 atom stereocenters. The summed E-state index contributed by atoms with van der Waals surface area (Å²) in [6, 6.07) is 14.5. The third-order valence-electron chi connectivity index (χ3n) is 5.61. The number of aromatic amines is 1. The number of piperidine rings is 1. The summed E-state index contributed by atoms with van der Waals surface area (Å²) < 4.78 is 7.99. The Morgan fingerprint density at radius 3 is 2.48 bits per heavy atom. The van der Waals surface area contributed by atoms with E-state index < -0.39 is 0 Å². The topological polar surface area (TPSA) is 50.3 Å². The normalized spacial score (nSPS) is 16.1. The van der Waals surface area contributed by atoms with Gasteiger partial charge in [0.2, 0.25) is 0 Å². The second-order valence-corrected chi connectivity index (χ2v) is 7.46. The van der Waals surface area contributed by atoms with Crippen LogP contribution < -0.4 is 10.4 Å². The highest BCUT2D eigenvalue weighted by molar-refractivity contribution is 5.75. The van der Waals surface area contributed by atoms with E-state index in [2.05, 4.69) is 41.9 Å². The Bertz CT molecular complexity index is 960. The average Bonchev–Trinajstić information content (AvgIpc) is 3.00. The molecule has 1 saturated heterocycles. The van der Waals surface area contributed by atoms with E-state index in [9.17, 15) is 4.79 Å². The molecule has 0 saturated carbocycles. The maximum atomic E-state index is 12.4. The standard InChI is InChI=1S/C22H27N3O2/c1-16-6-5-7-17(2)21(16)27-15-14-24-12-10-18(11-13-24)25-20-9-4-3-8-19(20)23-22(25)26/h3-9,18H,10-15H2,1-2H3,(H,23,26). The highest BCUT2D eigenvalue weighted by Crippen LogP contribution is 2.25. The number of nitrogens with zero attached hydrogens (tertiary/aromatic N) is 2. The number of imidazole rings is 1. The van der Waals surface area contributed by atoms with Gasteiger partial charge >= 0.3 is 5.69 Å². The highest BCUT2D eigenvalue weighted by atomic mass is 16.5. The van der Waals surface area contributed by atoms with Crippen LogP contribution in [0.1, 0.15) is 30.0 Å². The third-order valence-corrected chi connectivity index (χ3v) is 5.61. The molecule has 4 rings (SSSR count). The average molecular weight is 365 g/mol. The number of aryl methyl sites for hydroxylation is 2. The number of hydrogen-bond acceptors (Lipinski definition) is 3. The number of nitrogens with one attached hydrogen (secondary N) is 1. The molecule has 1 aliphatic rings. The van der Waals surface area contributed by atoms with Gasteiger partial charge in [0.1, 0.15) is 12.4 Å². The Kier molecular flexibility index (Phi) is 5.03. The van der Waals surface area contributed by atoms with Crippen molar-refractivity contribution in [2.24, 2.45) is 0 Å². The monoisotopic (exact) mass is 365 g/mol. The van der Waals surface area contributed by atoms with Gasteiger partial charge in [-0.1, -0.05) is 30.3 Å². The van der Waals surface area contributed by atoms with E-state index in [1.54, 1.807) is 0 Å². The molecule has 5 nitrogen and oxygen atoms in total. The number of fused-ring (bicyclic) bond motifs is 1. The fourth-order valence-electron chi connectivity index (χ4n) is 4.14. The summed E-state index contributed by atoms with van der Waals surface area (Å²) in [6.45, 7) is 7.78. The molecule has 1 fully saturated rings. The molecule has 0 spiro atoms. The van der Waals surface area contributed by atoms with Crippen molar-refractivity contribution >= 4 is 11.0 Å². The number of ether oxygens (including phenoxy) is 1. The third kappa shape index (κ3) is 3.65. The second kappa shape index (κ2) is 7.61. The quantitative estimate of drug-likeness (QED) is 0.751. The van der Waals surface area contributed by atoms with Crippen molar-refractivity contribution < 1.29 is 4.74 Å². The number of benzene rings is 2. The van der Waals surface area contributed by atoms with Crippen molar-refractivity contribution in [2.75, 3.05) is 26.2 Å². The van der Waals surface area contributed by atoms with Gasteiger partial charge in [-0.3, -0.25) is 9.47 Å². The van der Waals surface area contributed by atoms with Crippen molar-refractivity contribution in [2.45, 2.75) is 32.7 Å². The predicted molar refractivity (Wildman–Crippen MR) is 109 cm³/mol. The SMILES string of the molecule is Cc1cccc(C)c1OCCN1CCC(n2c(=O)[nH]c3ccccc32)CC1. The van der Waals surface area contributed by atoms with E-state index in [-0.39, 0.29) is 11.7 Å². The zero-order chi connectivity index (χ0) is 18.8. The summed E-state index contributed by atoms with van der Waals surface area (Å²) in [6.07, 6.45) is 1.98. The minimum atomic E-state index is 0.00742. The lowest BCUT2D eigenvalue weighted by Crippen LogP contribution is -2.38. The van der Waals surface area contributed by atoms with Gasteiger partial charge in [-0.15, -0.1) is 0 Å². The van der Waals surface area contributed by atoms with Crippen molar-refractivity contribution in [1.82, 2.24) is 14.5 Å². The molecule has 0 unspecified atom stereocenters. The van der Waals surface area contributed by atoms with Crippen molar-refractivity contribution in [3.63, 3.8) is 0 Å². The first-order chi connectivity index (χ1) is 13.1. The fourth-order valence-corrected chi connectivity index (χ4v) is 4.14. The molecule has 1 N–H and O–H groups in total. The summed E-state index contributed by atoms with van der Waals surface area (Å²) in [4.78, 5) is 17.8. The first-order valence-corrected chi connectivity index (χ1v) is 9.74. The van der Waals surface area contributed by atoms with Crippen LogP contribution in [0.3, 0.4) is 0 Å². The Morgan fingerprint density at radius 2 is 1.74 bits per heavy atom. The van der Waals surface area contributed by atoms with E-state index in [0.29, 0.717) is 6.61 Å². The molecule has 142 valence electrons. The fraction of sp³-hybridized carbons (Fsp3) is 0.409. The molecule has 5 heteroatoms. The smallest absolute Gasteiger partial charge is 0.326 e. The summed E-state index contributed by atoms with van der Waals surface area (Å²) in [5.74, 6) is 1.01. The van der Waals surface area contributed by atoms with Gasteiger partial charge in [0, 0.05) is 25.7 Å². The molecular weight excluding hydrogens is 338 g/mol. The summed E-state index contributed by atoms with van der Waals surface area (Å²) in [5, 5.41) is 0. The maximum absolute atomic E-state index is 12.4. The largest absolute Gasteiger partial charge is 0.492 e. The van der Waals surface area contributed by atoms with E-state index in [1.165, 1.54) is 11.1 Å². The predicted octanol–water partition coefficient (Wildman–Crippen LogP) is 3.66. The zero-order valence-electron chi connectivity index (χ0n) is 16.1. The molecule has 27 heavy (non-hydrogen) atoms. The van der Waals surface area contributed by atoms with Gasteiger partial charge in [0.15, 0.2) is 0 Å². The highest BCUT2D eigenvalue weighted by Gasteiger charge is 2.23. The minimum absolute atomic E-state index is 0.00742. The van der Waals surface area contributed by atoms with Crippen LogP contribution in [0, 0.1) is 13.8 Å².